The first kappa shape index (κ1) is 12.4. The Labute approximate surface area is 88.4 Å². The van der Waals surface area contributed by atoms with Gasteiger partial charge in [-0.2, -0.15) is 0 Å². The third-order valence-corrected chi connectivity index (χ3v) is 2.71. The van der Waals surface area contributed by atoms with Crippen molar-refractivity contribution in [3.8, 4) is 0 Å². The van der Waals surface area contributed by atoms with E-state index >= 15 is 0 Å². The minimum Gasteiger partial charge on any atom is -0.380 e. The van der Waals surface area contributed by atoms with Crippen LogP contribution in [0.1, 0.15) is 19.8 Å². The molecule has 1 aliphatic heterocycles. The molecule has 0 radical (unpaired) electrons. The quantitative estimate of drug-likeness (QED) is 0.723. The molecule has 0 N–H and O–H groups in total. The van der Waals surface area contributed by atoms with Gasteiger partial charge in [0.15, 0.2) is 0 Å². The largest absolute Gasteiger partial charge is 0.380 e. The lowest BCUT2D eigenvalue weighted by atomic mass is 9.83. The average Bonchev–Trinajstić information content (AvgIpc) is 2.16. The van der Waals surface area contributed by atoms with Gasteiger partial charge in [0, 0.05) is 13.7 Å². The highest BCUT2D eigenvalue weighted by molar-refractivity contribution is 5.82. The molecule has 0 aromatic heterocycles. The lowest BCUT2D eigenvalue weighted by Crippen LogP contribution is -2.46. The Balaban J connectivity index is 2.57. The van der Waals surface area contributed by atoms with E-state index in [1.165, 1.54) is 7.05 Å². The summed E-state index contributed by atoms with van der Waals surface area (Å²) < 4.78 is 29.5. The zero-order valence-corrected chi connectivity index (χ0v) is 9.13. The van der Waals surface area contributed by atoms with Crippen LogP contribution in [0, 0.1) is 5.41 Å². The van der Waals surface area contributed by atoms with Crippen molar-refractivity contribution in [2.75, 3.05) is 26.8 Å². The summed E-state index contributed by atoms with van der Waals surface area (Å²) in [5, 5.41) is 0. The lowest BCUT2D eigenvalue weighted by Gasteiger charge is -2.35. The van der Waals surface area contributed by atoms with Crippen molar-refractivity contribution >= 4 is 5.91 Å². The molecule has 0 saturated carbocycles. The van der Waals surface area contributed by atoms with Crippen LogP contribution in [-0.4, -0.2) is 44.0 Å². The predicted molar refractivity (Wildman–Crippen MR) is 51.8 cm³/mol. The summed E-state index contributed by atoms with van der Waals surface area (Å²) in [6.45, 7) is 2.26. The molecule has 0 spiro atoms. The Hall–Kier alpha value is -0.710. The molecular weight excluding hydrogens is 204 g/mol. The molecule has 0 bridgehead atoms. The molecule has 1 fully saturated rings. The minimum absolute atomic E-state index is 0.248. The van der Waals surface area contributed by atoms with Crippen LogP contribution in [0.3, 0.4) is 0 Å². The molecule has 1 heterocycles. The first-order valence-electron chi connectivity index (χ1n) is 5.07. The van der Waals surface area contributed by atoms with Gasteiger partial charge in [0.1, 0.15) is 0 Å². The van der Waals surface area contributed by atoms with Gasteiger partial charge < -0.3 is 9.64 Å². The molecule has 1 amide bonds. The Bertz CT molecular complexity index is 227. The Morgan fingerprint density at radius 2 is 2.27 bits per heavy atom. The molecule has 0 aromatic rings. The van der Waals surface area contributed by atoms with Crippen molar-refractivity contribution in [3.63, 3.8) is 0 Å². The fourth-order valence-corrected chi connectivity index (χ4v) is 1.85. The van der Waals surface area contributed by atoms with E-state index in [2.05, 4.69) is 0 Å². The van der Waals surface area contributed by atoms with Crippen LogP contribution in [0.15, 0.2) is 0 Å². The van der Waals surface area contributed by atoms with Crippen molar-refractivity contribution in [1.29, 1.82) is 0 Å². The second-order valence-electron chi connectivity index (χ2n) is 4.29. The summed E-state index contributed by atoms with van der Waals surface area (Å²) in [6, 6.07) is 0. The molecule has 88 valence electrons. The van der Waals surface area contributed by atoms with Gasteiger partial charge in [0.2, 0.25) is 5.91 Å². The average molecular weight is 221 g/mol. The van der Waals surface area contributed by atoms with Crippen molar-refractivity contribution < 1.29 is 18.3 Å². The molecule has 1 aliphatic rings. The Morgan fingerprint density at radius 1 is 1.60 bits per heavy atom. The van der Waals surface area contributed by atoms with Gasteiger partial charge in [-0.1, -0.05) is 0 Å². The Kier molecular flexibility index (Phi) is 4.02. The maximum atomic E-state index is 12.1. The highest BCUT2D eigenvalue weighted by Crippen LogP contribution is 2.29. The standard InChI is InChI=1S/C10H17F2NO2/c1-10(4-3-5-15-7-10)9(14)13(2)6-8(11)12/h8H,3-7H2,1-2H3/t10-/m1/s1. The van der Waals surface area contributed by atoms with Crippen LogP contribution in [0.5, 0.6) is 0 Å². The maximum Gasteiger partial charge on any atom is 0.255 e. The summed E-state index contributed by atoms with van der Waals surface area (Å²) in [4.78, 5) is 13.0. The highest BCUT2D eigenvalue weighted by Gasteiger charge is 2.37. The first-order chi connectivity index (χ1) is 6.96. The normalized spacial score (nSPS) is 26.7. The maximum absolute atomic E-state index is 12.1. The van der Waals surface area contributed by atoms with Gasteiger partial charge in [0.25, 0.3) is 6.43 Å². The molecule has 1 rings (SSSR count). The number of alkyl halides is 2. The summed E-state index contributed by atoms with van der Waals surface area (Å²) >= 11 is 0. The van der Waals surface area contributed by atoms with Crippen LogP contribution in [0.4, 0.5) is 8.78 Å². The number of halogens is 2. The summed E-state index contributed by atoms with van der Waals surface area (Å²) in [5.41, 5.74) is -0.623. The van der Waals surface area contributed by atoms with Crippen LogP contribution in [0.25, 0.3) is 0 Å². The molecular formula is C10H17F2NO2. The van der Waals surface area contributed by atoms with E-state index in [1.807, 2.05) is 0 Å². The van der Waals surface area contributed by atoms with Gasteiger partial charge in [-0.25, -0.2) is 8.78 Å². The topological polar surface area (TPSA) is 29.5 Å². The third-order valence-electron chi connectivity index (χ3n) is 2.71. The number of nitrogens with zero attached hydrogens (tertiary/aromatic N) is 1. The second kappa shape index (κ2) is 4.88. The molecule has 0 unspecified atom stereocenters. The van der Waals surface area contributed by atoms with E-state index in [0.717, 1.165) is 11.3 Å². The zero-order valence-electron chi connectivity index (χ0n) is 9.13. The number of ether oxygens (including phenoxy) is 1. The number of amides is 1. The predicted octanol–water partition coefficient (Wildman–Crippen LogP) is 1.53. The highest BCUT2D eigenvalue weighted by atomic mass is 19.3. The van der Waals surface area contributed by atoms with Crippen LogP contribution in [-0.2, 0) is 9.53 Å². The first-order valence-corrected chi connectivity index (χ1v) is 5.07. The van der Waals surface area contributed by atoms with E-state index < -0.39 is 18.4 Å². The van der Waals surface area contributed by atoms with Gasteiger partial charge >= 0.3 is 0 Å². The zero-order chi connectivity index (χ0) is 11.5. The SMILES string of the molecule is CN(CC(F)F)C(=O)[C@]1(C)CCCOC1. The number of hydrogen-bond acceptors (Lipinski definition) is 2. The number of rotatable bonds is 3. The number of hydrogen-bond donors (Lipinski definition) is 0. The fraction of sp³-hybridized carbons (Fsp3) is 0.900. The van der Waals surface area contributed by atoms with Crippen LogP contribution in [0.2, 0.25) is 0 Å². The molecule has 15 heavy (non-hydrogen) atoms. The summed E-state index contributed by atoms with van der Waals surface area (Å²) in [5.74, 6) is -0.248. The summed E-state index contributed by atoms with van der Waals surface area (Å²) in [6.07, 6.45) is -0.962. The van der Waals surface area contributed by atoms with Gasteiger partial charge in [-0.05, 0) is 19.8 Å². The summed E-state index contributed by atoms with van der Waals surface area (Å²) in [7, 11) is 1.41. The van der Waals surface area contributed by atoms with Gasteiger partial charge in [-0.15, -0.1) is 0 Å². The van der Waals surface area contributed by atoms with E-state index in [0.29, 0.717) is 19.6 Å². The van der Waals surface area contributed by atoms with Crippen molar-refractivity contribution in [2.45, 2.75) is 26.2 Å². The number of carbonyl (C=O) groups excluding carboxylic acids is 1. The Morgan fingerprint density at radius 3 is 2.73 bits per heavy atom. The number of carbonyl (C=O) groups is 1. The van der Waals surface area contributed by atoms with E-state index in [4.69, 9.17) is 4.74 Å². The van der Waals surface area contributed by atoms with Crippen molar-refractivity contribution in [2.24, 2.45) is 5.41 Å². The van der Waals surface area contributed by atoms with E-state index in [-0.39, 0.29) is 5.91 Å². The smallest absolute Gasteiger partial charge is 0.255 e. The minimum atomic E-state index is -2.48. The molecule has 1 saturated heterocycles. The lowest BCUT2D eigenvalue weighted by molar-refractivity contribution is -0.149. The second-order valence-corrected chi connectivity index (χ2v) is 4.29. The van der Waals surface area contributed by atoms with E-state index in [9.17, 15) is 13.6 Å². The van der Waals surface area contributed by atoms with Gasteiger partial charge in [-0.3, -0.25) is 4.79 Å². The monoisotopic (exact) mass is 221 g/mol. The molecule has 3 nitrogen and oxygen atoms in total. The van der Waals surface area contributed by atoms with Gasteiger partial charge in [0.05, 0.1) is 18.6 Å². The molecule has 5 heteroatoms. The molecule has 0 aromatic carbocycles. The van der Waals surface area contributed by atoms with Crippen LogP contribution >= 0.6 is 0 Å². The fourth-order valence-electron chi connectivity index (χ4n) is 1.85. The molecule has 0 aliphatic carbocycles. The van der Waals surface area contributed by atoms with Crippen LogP contribution < -0.4 is 0 Å². The van der Waals surface area contributed by atoms with Crippen molar-refractivity contribution in [1.82, 2.24) is 4.90 Å². The van der Waals surface area contributed by atoms with Crippen molar-refractivity contribution in [3.05, 3.63) is 0 Å². The third kappa shape index (κ3) is 3.12. The molecule has 1 atom stereocenters. The van der Waals surface area contributed by atoms with E-state index in [1.54, 1.807) is 6.92 Å².